The van der Waals surface area contributed by atoms with Crippen LogP contribution in [0.1, 0.15) is 17.2 Å². The largest absolute Gasteiger partial charge is 0.494 e. The second-order valence-corrected chi connectivity index (χ2v) is 4.46. The Bertz CT molecular complexity index is 617. The second kappa shape index (κ2) is 5.88. The molecular formula is C15H15F2NO2. The van der Waals surface area contributed by atoms with Crippen LogP contribution in [0.25, 0.3) is 0 Å². The van der Waals surface area contributed by atoms with Crippen molar-refractivity contribution in [1.82, 2.24) is 0 Å². The first-order chi connectivity index (χ1) is 9.51. The second-order valence-electron chi connectivity index (χ2n) is 4.46. The van der Waals surface area contributed by atoms with Gasteiger partial charge >= 0.3 is 0 Å². The molecule has 0 aliphatic rings. The van der Waals surface area contributed by atoms with E-state index in [1.165, 1.54) is 37.4 Å². The van der Waals surface area contributed by atoms with Crippen molar-refractivity contribution < 1.29 is 18.6 Å². The number of rotatable bonds is 4. The van der Waals surface area contributed by atoms with E-state index in [-0.39, 0.29) is 12.2 Å². The molecule has 0 radical (unpaired) electrons. The van der Waals surface area contributed by atoms with Crippen LogP contribution in [0.3, 0.4) is 0 Å². The van der Waals surface area contributed by atoms with Crippen LogP contribution in [-0.2, 0) is 6.42 Å². The number of halogens is 2. The first-order valence-electron chi connectivity index (χ1n) is 6.06. The summed E-state index contributed by atoms with van der Waals surface area (Å²) in [5.74, 6) is -0.855. The van der Waals surface area contributed by atoms with Gasteiger partial charge in [-0.05, 0) is 35.9 Å². The first-order valence-corrected chi connectivity index (χ1v) is 6.06. The van der Waals surface area contributed by atoms with Crippen molar-refractivity contribution in [2.45, 2.75) is 12.5 Å². The van der Waals surface area contributed by atoms with E-state index in [0.29, 0.717) is 16.8 Å². The maximum absolute atomic E-state index is 13.6. The number of nitrogens with two attached hydrogens (primary N) is 1. The lowest BCUT2D eigenvalue weighted by atomic mass is 10.00. The molecule has 2 rings (SSSR count). The average molecular weight is 279 g/mol. The van der Waals surface area contributed by atoms with Crippen LogP contribution < -0.4 is 10.5 Å². The molecule has 0 aromatic heterocycles. The van der Waals surface area contributed by atoms with Gasteiger partial charge < -0.3 is 15.6 Å². The summed E-state index contributed by atoms with van der Waals surface area (Å²) in [5.41, 5.74) is 6.86. The molecule has 0 bridgehead atoms. The Kier molecular flexibility index (Phi) is 4.20. The minimum atomic E-state index is -1.00. The fourth-order valence-corrected chi connectivity index (χ4v) is 2.00. The Morgan fingerprint density at radius 1 is 1.20 bits per heavy atom. The van der Waals surface area contributed by atoms with Crippen molar-refractivity contribution in [2.24, 2.45) is 0 Å². The number of hydrogen-bond acceptors (Lipinski definition) is 3. The highest BCUT2D eigenvalue weighted by Crippen LogP contribution is 2.26. The summed E-state index contributed by atoms with van der Waals surface area (Å²) in [6.45, 7) is 0. The third-order valence-corrected chi connectivity index (χ3v) is 3.05. The molecule has 0 fully saturated rings. The average Bonchev–Trinajstić information content (AvgIpc) is 2.41. The highest BCUT2D eigenvalue weighted by atomic mass is 19.1. The zero-order valence-corrected chi connectivity index (χ0v) is 10.9. The number of nitrogen functional groups attached to an aromatic ring is 1. The molecule has 2 aromatic carbocycles. The number of ether oxygens (including phenoxy) is 1. The van der Waals surface area contributed by atoms with Crippen LogP contribution in [0.15, 0.2) is 36.4 Å². The van der Waals surface area contributed by atoms with Crippen molar-refractivity contribution in [2.75, 3.05) is 12.8 Å². The smallest absolute Gasteiger partial charge is 0.165 e. The summed E-state index contributed by atoms with van der Waals surface area (Å²) in [7, 11) is 1.38. The van der Waals surface area contributed by atoms with Gasteiger partial charge in [0.25, 0.3) is 0 Å². The number of anilines is 1. The van der Waals surface area contributed by atoms with Gasteiger partial charge in [-0.1, -0.05) is 6.07 Å². The van der Waals surface area contributed by atoms with E-state index in [4.69, 9.17) is 10.5 Å². The first kappa shape index (κ1) is 14.3. The molecule has 5 heteroatoms. The minimum Gasteiger partial charge on any atom is -0.494 e. The van der Waals surface area contributed by atoms with Gasteiger partial charge in [0, 0.05) is 17.7 Å². The summed E-state index contributed by atoms with van der Waals surface area (Å²) in [5, 5.41) is 10.1. The van der Waals surface area contributed by atoms with Gasteiger partial charge in [-0.15, -0.1) is 0 Å². The zero-order valence-electron chi connectivity index (χ0n) is 10.9. The van der Waals surface area contributed by atoms with Gasteiger partial charge in [0.15, 0.2) is 11.6 Å². The Morgan fingerprint density at radius 3 is 2.60 bits per heavy atom. The van der Waals surface area contributed by atoms with Gasteiger partial charge in [-0.2, -0.15) is 0 Å². The third kappa shape index (κ3) is 3.05. The van der Waals surface area contributed by atoms with Crippen LogP contribution >= 0.6 is 0 Å². The Morgan fingerprint density at radius 2 is 1.95 bits per heavy atom. The number of methoxy groups -OCH3 is 1. The van der Waals surface area contributed by atoms with Gasteiger partial charge in [-0.3, -0.25) is 0 Å². The summed E-state index contributed by atoms with van der Waals surface area (Å²) in [6.07, 6.45) is -0.868. The minimum absolute atomic E-state index is 0.133. The molecule has 0 heterocycles. The van der Waals surface area contributed by atoms with Crippen LogP contribution in [0.4, 0.5) is 14.5 Å². The molecule has 0 amide bonds. The molecule has 1 unspecified atom stereocenters. The summed E-state index contributed by atoms with van der Waals surface area (Å²) in [6, 6.07) is 8.19. The standard InChI is InChI=1S/C15H15F2NO2/c1-20-15-5-2-9(6-12(15)17)7-14(19)11-8-10(16)3-4-13(11)18/h2-6,8,14,19H,7,18H2,1H3. The SMILES string of the molecule is COc1ccc(CC(O)c2cc(F)ccc2N)cc1F. The molecule has 0 spiro atoms. The predicted octanol–water partition coefficient (Wildman–Crippen LogP) is 2.83. The Hall–Kier alpha value is -2.14. The lowest BCUT2D eigenvalue weighted by Crippen LogP contribution is -2.06. The molecular weight excluding hydrogens is 264 g/mol. The molecule has 0 aliphatic carbocycles. The fourth-order valence-electron chi connectivity index (χ4n) is 2.00. The summed E-state index contributed by atoms with van der Waals surface area (Å²) < 4.78 is 31.5. The quantitative estimate of drug-likeness (QED) is 0.846. The molecule has 3 nitrogen and oxygen atoms in total. The van der Waals surface area contributed by atoms with Crippen LogP contribution in [0, 0.1) is 11.6 Å². The highest BCUT2D eigenvalue weighted by molar-refractivity contribution is 5.48. The normalized spacial score (nSPS) is 12.2. The van der Waals surface area contributed by atoms with Crippen molar-refractivity contribution >= 4 is 5.69 Å². The van der Waals surface area contributed by atoms with E-state index >= 15 is 0 Å². The van der Waals surface area contributed by atoms with Crippen LogP contribution in [0.5, 0.6) is 5.75 Å². The van der Waals surface area contributed by atoms with Crippen LogP contribution in [0.2, 0.25) is 0 Å². The van der Waals surface area contributed by atoms with E-state index in [0.717, 1.165) is 0 Å². The van der Waals surface area contributed by atoms with Crippen molar-refractivity contribution in [3.63, 3.8) is 0 Å². The molecule has 20 heavy (non-hydrogen) atoms. The van der Waals surface area contributed by atoms with Gasteiger partial charge in [0.1, 0.15) is 5.82 Å². The van der Waals surface area contributed by atoms with E-state index in [1.807, 2.05) is 0 Å². The van der Waals surface area contributed by atoms with E-state index in [1.54, 1.807) is 6.07 Å². The maximum atomic E-state index is 13.6. The predicted molar refractivity (Wildman–Crippen MR) is 72.4 cm³/mol. The van der Waals surface area contributed by atoms with Crippen molar-refractivity contribution in [3.8, 4) is 5.75 Å². The van der Waals surface area contributed by atoms with Crippen molar-refractivity contribution in [1.29, 1.82) is 0 Å². The highest BCUT2D eigenvalue weighted by Gasteiger charge is 2.14. The lowest BCUT2D eigenvalue weighted by Gasteiger charge is -2.14. The topological polar surface area (TPSA) is 55.5 Å². The Balaban J connectivity index is 2.21. The summed E-state index contributed by atoms with van der Waals surface area (Å²) >= 11 is 0. The molecule has 0 saturated heterocycles. The van der Waals surface area contributed by atoms with Gasteiger partial charge in [0.2, 0.25) is 0 Å². The van der Waals surface area contributed by atoms with Crippen molar-refractivity contribution in [3.05, 3.63) is 59.2 Å². The fraction of sp³-hybridized carbons (Fsp3) is 0.200. The molecule has 106 valence electrons. The monoisotopic (exact) mass is 279 g/mol. The maximum Gasteiger partial charge on any atom is 0.165 e. The lowest BCUT2D eigenvalue weighted by molar-refractivity contribution is 0.178. The van der Waals surface area contributed by atoms with E-state index in [2.05, 4.69) is 0 Å². The zero-order chi connectivity index (χ0) is 14.7. The molecule has 0 aliphatic heterocycles. The Labute approximate surface area is 115 Å². The molecule has 0 saturated carbocycles. The van der Waals surface area contributed by atoms with E-state index in [9.17, 15) is 13.9 Å². The third-order valence-electron chi connectivity index (χ3n) is 3.05. The van der Waals surface area contributed by atoms with E-state index < -0.39 is 17.7 Å². The number of aliphatic hydroxyl groups excluding tert-OH is 1. The number of benzene rings is 2. The van der Waals surface area contributed by atoms with Gasteiger partial charge in [0.05, 0.1) is 13.2 Å². The molecule has 2 aromatic rings. The number of hydrogen-bond donors (Lipinski definition) is 2. The number of aliphatic hydroxyl groups is 1. The molecule has 1 atom stereocenters. The summed E-state index contributed by atoms with van der Waals surface area (Å²) in [4.78, 5) is 0. The van der Waals surface area contributed by atoms with Gasteiger partial charge in [-0.25, -0.2) is 8.78 Å². The molecule has 3 N–H and O–H groups in total. The van der Waals surface area contributed by atoms with Crippen LogP contribution in [-0.4, -0.2) is 12.2 Å².